The Morgan fingerprint density at radius 2 is 1.73 bits per heavy atom. The van der Waals surface area contributed by atoms with Gasteiger partial charge < -0.3 is 28.3 Å². The molecule has 1 N–H and O–H groups in total. The Morgan fingerprint density at radius 3 is 2.30 bits per heavy atom. The van der Waals surface area contributed by atoms with E-state index >= 15 is 0 Å². The highest BCUT2D eigenvalue weighted by Crippen LogP contribution is 2.41. The SMILES string of the molecule is CCOC(=O)c1c(C)[nH]c(C(=O)CSc2nnc(-c3cc(OC)c(OC)c(OC)c3)o2)c1C. The first kappa shape index (κ1) is 24.2. The van der Waals surface area contributed by atoms with Gasteiger partial charge in [0, 0.05) is 11.3 Å². The third-order valence-corrected chi connectivity index (χ3v) is 5.66. The molecule has 2 heterocycles. The quantitative estimate of drug-likeness (QED) is 0.262. The van der Waals surface area contributed by atoms with Crippen LogP contribution in [0.2, 0.25) is 0 Å². The van der Waals surface area contributed by atoms with Crippen molar-refractivity contribution in [2.45, 2.75) is 26.0 Å². The van der Waals surface area contributed by atoms with Gasteiger partial charge in [-0.2, -0.15) is 0 Å². The molecule has 0 aliphatic carbocycles. The maximum Gasteiger partial charge on any atom is 0.340 e. The molecule has 0 bridgehead atoms. The fourth-order valence-electron chi connectivity index (χ4n) is 3.33. The van der Waals surface area contributed by atoms with Crippen LogP contribution in [0.4, 0.5) is 0 Å². The number of nitrogens with zero attached hydrogens (tertiary/aromatic N) is 2. The molecule has 11 heteroatoms. The number of ketones is 1. The van der Waals surface area contributed by atoms with Gasteiger partial charge in [-0.25, -0.2) is 4.79 Å². The Morgan fingerprint density at radius 1 is 1.06 bits per heavy atom. The Bertz CT molecular complexity index is 1140. The molecule has 3 aromatic rings. The van der Waals surface area contributed by atoms with Gasteiger partial charge in [-0.1, -0.05) is 11.8 Å². The molecule has 0 saturated heterocycles. The number of nitrogens with one attached hydrogen (secondary N) is 1. The first-order valence-corrected chi connectivity index (χ1v) is 11.0. The zero-order chi connectivity index (χ0) is 24.1. The number of methoxy groups -OCH3 is 3. The highest BCUT2D eigenvalue weighted by Gasteiger charge is 2.24. The van der Waals surface area contributed by atoms with E-state index in [9.17, 15) is 9.59 Å². The van der Waals surface area contributed by atoms with E-state index in [0.717, 1.165) is 11.8 Å². The smallest absolute Gasteiger partial charge is 0.340 e. The van der Waals surface area contributed by atoms with Gasteiger partial charge in [0.15, 0.2) is 17.3 Å². The summed E-state index contributed by atoms with van der Waals surface area (Å²) in [5, 5.41) is 8.28. The van der Waals surface area contributed by atoms with Gasteiger partial charge in [-0.3, -0.25) is 4.79 Å². The fourth-order valence-corrected chi connectivity index (χ4v) is 3.96. The molecule has 0 aliphatic heterocycles. The number of hydrogen-bond donors (Lipinski definition) is 1. The molecule has 2 aromatic heterocycles. The molecule has 1 aromatic carbocycles. The minimum Gasteiger partial charge on any atom is -0.493 e. The van der Waals surface area contributed by atoms with Gasteiger partial charge in [0.1, 0.15) is 0 Å². The van der Waals surface area contributed by atoms with Crippen LogP contribution in [0.25, 0.3) is 11.5 Å². The van der Waals surface area contributed by atoms with Crippen LogP contribution < -0.4 is 14.2 Å². The van der Waals surface area contributed by atoms with Gasteiger partial charge in [-0.15, -0.1) is 10.2 Å². The van der Waals surface area contributed by atoms with Crippen molar-refractivity contribution in [2.24, 2.45) is 0 Å². The van der Waals surface area contributed by atoms with E-state index < -0.39 is 5.97 Å². The van der Waals surface area contributed by atoms with Crippen LogP contribution in [0.15, 0.2) is 21.8 Å². The van der Waals surface area contributed by atoms with E-state index in [1.165, 1.54) is 21.3 Å². The Hall–Kier alpha value is -3.47. The largest absolute Gasteiger partial charge is 0.493 e. The van der Waals surface area contributed by atoms with E-state index in [-0.39, 0.29) is 29.3 Å². The topological polar surface area (TPSA) is 126 Å². The van der Waals surface area contributed by atoms with Gasteiger partial charge in [0.2, 0.25) is 11.6 Å². The number of aromatic amines is 1. The van der Waals surface area contributed by atoms with Crippen molar-refractivity contribution in [1.29, 1.82) is 0 Å². The van der Waals surface area contributed by atoms with Crippen molar-refractivity contribution in [3.63, 3.8) is 0 Å². The lowest BCUT2D eigenvalue weighted by Crippen LogP contribution is -2.08. The second-order valence-corrected chi connectivity index (χ2v) is 7.77. The number of H-pyrrole nitrogens is 1. The number of esters is 1. The summed E-state index contributed by atoms with van der Waals surface area (Å²) in [5.41, 5.74) is 2.45. The first-order valence-electron chi connectivity index (χ1n) is 10.0. The van der Waals surface area contributed by atoms with Crippen LogP contribution in [0, 0.1) is 13.8 Å². The maximum atomic E-state index is 12.8. The van der Waals surface area contributed by atoms with Crippen LogP contribution in [-0.4, -0.2) is 60.6 Å². The number of benzene rings is 1. The molecule has 33 heavy (non-hydrogen) atoms. The number of thioether (sulfide) groups is 1. The van der Waals surface area contributed by atoms with Gasteiger partial charge in [0.25, 0.3) is 5.22 Å². The lowest BCUT2D eigenvalue weighted by molar-refractivity contribution is 0.0525. The number of hydrogen-bond acceptors (Lipinski definition) is 10. The van der Waals surface area contributed by atoms with E-state index in [0.29, 0.717) is 45.3 Å². The van der Waals surface area contributed by atoms with Crippen molar-refractivity contribution in [3.05, 3.63) is 34.6 Å². The number of carbonyl (C=O) groups is 2. The number of Topliss-reactive ketones (excluding diaryl/α,β-unsaturated/α-hetero) is 1. The molecular formula is C22H25N3O7S. The van der Waals surface area contributed by atoms with Gasteiger partial charge in [-0.05, 0) is 38.5 Å². The standard InChI is InChI=1S/C22H25N3O7S/c1-7-31-21(27)17-11(2)18(23-12(17)3)14(26)10-33-22-25-24-20(32-22)13-8-15(28-4)19(30-6)16(9-13)29-5/h8-9,23H,7,10H2,1-6H3. The molecule has 0 radical (unpaired) electrons. The number of ether oxygens (including phenoxy) is 4. The Kier molecular flexibility index (Phi) is 7.64. The van der Waals surface area contributed by atoms with Gasteiger partial charge in [0.05, 0.1) is 44.9 Å². The van der Waals surface area contributed by atoms with Crippen molar-refractivity contribution in [1.82, 2.24) is 15.2 Å². The normalized spacial score (nSPS) is 10.7. The summed E-state index contributed by atoms with van der Waals surface area (Å²) in [7, 11) is 4.54. The third-order valence-electron chi connectivity index (χ3n) is 4.84. The lowest BCUT2D eigenvalue weighted by atomic mass is 10.1. The Labute approximate surface area is 195 Å². The second kappa shape index (κ2) is 10.4. The van der Waals surface area contributed by atoms with E-state index in [4.69, 9.17) is 23.4 Å². The predicted molar refractivity (Wildman–Crippen MR) is 121 cm³/mol. The summed E-state index contributed by atoms with van der Waals surface area (Å²) in [6.07, 6.45) is 0. The zero-order valence-corrected chi connectivity index (χ0v) is 20.0. The van der Waals surface area contributed by atoms with Gasteiger partial charge >= 0.3 is 5.97 Å². The van der Waals surface area contributed by atoms with E-state index in [1.54, 1.807) is 32.9 Å². The summed E-state index contributed by atoms with van der Waals surface area (Å²) in [5.74, 6) is 0.961. The summed E-state index contributed by atoms with van der Waals surface area (Å²) < 4.78 is 26.8. The molecule has 10 nitrogen and oxygen atoms in total. The van der Waals surface area contributed by atoms with Crippen molar-refractivity contribution < 1.29 is 33.0 Å². The van der Waals surface area contributed by atoms with Crippen molar-refractivity contribution in [2.75, 3.05) is 33.7 Å². The molecule has 0 unspecified atom stereocenters. The molecule has 0 spiro atoms. The van der Waals surface area contributed by atoms with Crippen molar-refractivity contribution in [3.8, 4) is 28.7 Å². The average Bonchev–Trinajstić information content (AvgIpc) is 3.40. The molecule has 0 amide bonds. The second-order valence-electron chi connectivity index (χ2n) is 6.84. The molecule has 0 aliphatic rings. The predicted octanol–water partition coefficient (Wildman–Crippen LogP) is 3.86. The number of aryl methyl sites for hydroxylation is 1. The lowest BCUT2D eigenvalue weighted by Gasteiger charge is -2.12. The molecular weight excluding hydrogens is 450 g/mol. The summed E-state index contributed by atoms with van der Waals surface area (Å²) in [6, 6.07) is 3.38. The summed E-state index contributed by atoms with van der Waals surface area (Å²) >= 11 is 1.10. The minimum absolute atomic E-state index is 0.0416. The van der Waals surface area contributed by atoms with E-state index in [2.05, 4.69) is 15.2 Å². The summed E-state index contributed by atoms with van der Waals surface area (Å²) in [4.78, 5) is 27.9. The average molecular weight is 476 g/mol. The molecule has 0 atom stereocenters. The Balaban J connectivity index is 1.76. The maximum absolute atomic E-state index is 12.8. The monoisotopic (exact) mass is 475 g/mol. The number of aromatic nitrogens is 3. The zero-order valence-electron chi connectivity index (χ0n) is 19.2. The fraction of sp³-hybridized carbons (Fsp3) is 0.364. The van der Waals surface area contributed by atoms with Crippen LogP contribution in [0.3, 0.4) is 0 Å². The highest BCUT2D eigenvalue weighted by atomic mass is 32.2. The highest BCUT2D eigenvalue weighted by molar-refractivity contribution is 7.99. The van der Waals surface area contributed by atoms with Crippen LogP contribution in [-0.2, 0) is 4.74 Å². The van der Waals surface area contributed by atoms with E-state index in [1.807, 2.05) is 0 Å². The van der Waals surface area contributed by atoms with Crippen LogP contribution in [0.5, 0.6) is 17.2 Å². The molecule has 0 saturated carbocycles. The van der Waals surface area contributed by atoms with Crippen LogP contribution in [0.1, 0.15) is 39.0 Å². The molecule has 3 rings (SSSR count). The molecule has 0 fully saturated rings. The third kappa shape index (κ3) is 4.98. The molecule has 176 valence electrons. The minimum atomic E-state index is -0.456. The van der Waals surface area contributed by atoms with Crippen molar-refractivity contribution >= 4 is 23.5 Å². The summed E-state index contributed by atoms with van der Waals surface area (Å²) in [6.45, 7) is 5.43. The number of carbonyl (C=O) groups excluding carboxylic acids is 2. The first-order chi connectivity index (χ1) is 15.8. The van der Waals surface area contributed by atoms with Crippen LogP contribution >= 0.6 is 11.8 Å². The number of rotatable bonds is 10.